The van der Waals surface area contributed by atoms with Gasteiger partial charge in [0.1, 0.15) is 5.78 Å². The third kappa shape index (κ3) is 3.96. The van der Waals surface area contributed by atoms with E-state index in [0.717, 1.165) is 25.0 Å². The number of ketones is 1. The van der Waals surface area contributed by atoms with Crippen molar-refractivity contribution in [3.63, 3.8) is 0 Å². The number of hydrogen-bond acceptors (Lipinski definition) is 3. The zero-order chi connectivity index (χ0) is 18.2. The minimum atomic E-state index is -0.124. The molecule has 1 heterocycles. The Balaban J connectivity index is 1.93. The van der Waals surface area contributed by atoms with E-state index >= 15 is 0 Å². The van der Waals surface area contributed by atoms with Crippen molar-refractivity contribution < 1.29 is 4.79 Å². The molecule has 3 heteroatoms. The number of aliphatic imine (C=N–C) groups is 1. The van der Waals surface area contributed by atoms with E-state index in [4.69, 9.17) is 4.99 Å². The van der Waals surface area contributed by atoms with Gasteiger partial charge >= 0.3 is 0 Å². The van der Waals surface area contributed by atoms with Gasteiger partial charge in [0.25, 0.3) is 0 Å². The van der Waals surface area contributed by atoms with Crippen LogP contribution in [-0.2, 0) is 11.2 Å². The molecule has 0 unspecified atom stereocenters. The molecular weight excluding hydrogens is 308 g/mol. The molecule has 2 aliphatic rings. The van der Waals surface area contributed by atoms with Crippen molar-refractivity contribution in [3.8, 4) is 0 Å². The molecule has 136 valence electrons. The van der Waals surface area contributed by atoms with E-state index in [2.05, 4.69) is 51.9 Å². The molecular formula is C22H32N2O. The molecule has 0 bridgehead atoms. The van der Waals surface area contributed by atoms with Gasteiger partial charge in [0, 0.05) is 37.7 Å². The van der Waals surface area contributed by atoms with E-state index < -0.39 is 0 Å². The Morgan fingerprint density at radius 1 is 1.20 bits per heavy atom. The number of Topliss-reactive ketones (excluding diaryl/α,β-unsaturated/α-hetero) is 1. The largest absolute Gasteiger partial charge is 0.377 e. The Morgan fingerprint density at radius 3 is 2.52 bits per heavy atom. The monoisotopic (exact) mass is 340 g/mol. The Hall–Kier alpha value is -1.64. The molecule has 0 aromatic heterocycles. The predicted molar refractivity (Wildman–Crippen MR) is 106 cm³/mol. The highest BCUT2D eigenvalue weighted by Gasteiger charge is 2.30. The van der Waals surface area contributed by atoms with E-state index in [0.29, 0.717) is 12.2 Å². The zero-order valence-corrected chi connectivity index (χ0v) is 16.5. The lowest BCUT2D eigenvalue weighted by Crippen LogP contribution is -2.31. The van der Waals surface area contributed by atoms with E-state index in [9.17, 15) is 4.79 Å². The highest BCUT2D eigenvalue weighted by atomic mass is 16.1. The van der Waals surface area contributed by atoms with Crippen LogP contribution in [0.5, 0.6) is 0 Å². The Kier molecular flexibility index (Phi) is 5.04. The van der Waals surface area contributed by atoms with Gasteiger partial charge in [-0.1, -0.05) is 25.3 Å². The standard InChI is InChI=1S/C22H32N2O/c1-15-11-17-14-22(2,3)23-19(18(17)12-20(15)24(4)5)13-21(25)16-9-7-6-8-10-16/h11-12,16H,6-10,13-14H2,1-5H3. The summed E-state index contributed by atoms with van der Waals surface area (Å²) in [5.41, 5.74) is 5.93. The lowest BCUT2D eigenvalue weighted by atomic mass is 9.81. The number of hydrogen-bond donors (Lipinski definition) is 0. The quantitative estimate of drug-likeness (QED) is 0.794. The van der Waals surface area contributed by atoms with Gasteiger partial charge in [0.15, 0.2) is 0 Å². The summed E-state index contributed by atoms with van der Waals surface area (Å²) in [6, 6.07) is 4.54. The topological polar surface area (TPSA) is 32.7 Å². The fourth-order valence-electron chi connectivity index (χ4n) is 4.45. The summed E-state index contributed by atoms with van der Waals surface area (Å²) in [6.45, 7) is 6.52. The molecule has 0 spiro atoms. The maximum absolute atomic E-state index is 12.9. The Labute approximate surface area is 152 Å². The van der Waals surface area contributed by atoms with Crippen molar-refractivity contribution in [3.05, 3.63) is 28.8 Å². The first-order valence-corrected chi connectivity index (χ1v) is 9.69. The SMILES string of the molecule is Cc1cc2c(cc1N(C)C)C(CC(=O)C1CCCCC1)=NC(C)(C)C2. The molecule has 0 saturated heterocycles. The van der Waals surface area contributed by atoms with Crippen molar-refractivity contribution in [2.45, 2.75) is 71.3 Å². The van der Waals surface area contributed by atoms with Gasteiger partial charge in [0.2, 0.25) is 0 Å². The molecule has 1 aromatic carbocycles. The fraction of sp³-hybridized carbons (Fsp3) is 0.636. The van der Waals surface area contributed by atoms with E-state index in [1.165, 1.54) is 41.6 Å². The smallest absolute Gasteiger partial charge is 0.141 e. The minimum Gasteiger partial charge on any atom is -0.377 e. The molecule has 25 heavy (non-hydrogen) atoms. The van der Waals surface area contributed by atoms with Crippen LogP contribution in [0.15, 0.2) is 17.1 Å². The van der Waals surface area contributed by atoms with Crippen LogP contribution in [0.2, 0.25) is 0 Å². The summed E-state index contributed by atoms with van der Waals surface area (Å²) in [7, 11) is 4.15. The maximum Gasteiger partial charge on any atom is 0.141 e. The first-order chi connectivity index (χ1) is 11.8. The summed E-state index contributed by atoms with van der Waals surface area (Å²) < 4.78 is 0. The number of nitrogens with zero attached hydrogens (tertiary/aromatic N) is 2. The number of benzene rings is 1. The summed E-state index contributed by atoms with van der Waals surface area (Å²) in [5, 5.41) is 0. The Bertz CT molecular complexity index is 694. The van der Waals surface area contributed by atoms with Gasteiger partial charge in [-0.2, -0.15) is 0 Å². The molecule has 0 N–H and O–H groups in total. The van der Waals surface area contributed by atoms with Crippen molar-refractivity contribution in [1.82, 2.24) is 0 Å². The number of aryl methyl sites for hydroxylation is 1. The maximum atomic E-state index is 12.9. The van der Waals surface area contributed by atoms with Gasteiger partial charge in [-0.15, -0.1) is 0 Å². The Morgan fingerprint density at radius 2 is 1.88 bits per heavy atom. The summed E-state index contributed by atoms with van der Waals surface area (Å²) in [4.78, 5) is 20.0. The van der Waals surface area contributed by atoms with Gasteiger partial charge in [-0.25, -0.2) is 0 Å². The first-order valence-electron chi connectivity index (χ1n) is 9.69. The van der Waals surface area contributed by atoms with Crippen LogP contribution in [0, 0.1) is 12.8 Å². The minimum absolute atomic E-state index is 0.124. The van der Waals surface area contributed by atoms with Crippen molar-refractivity contribution in [2.24, 2.45) is 10.9 Å². The molecule has 3 nitrogen and oxygen atoms in total. The number of anilines is 1. The average Bonchev–Trinajstić information content (AvgIpc) is 2.53. The second-order valence-electron chi connectivity index (χ2n) is 8.72. The van der Waals surface area contributed by atoms with Crippen LogP contribution in [0.3, 0.4) is 0 Å². The zero-order valence-electron chi connectivity index (χ0n) is 16.5. The molecule has 1 saturated carbocycles. The first kappa shape index (κ1) is 18.2. The summed E-state index contributed by atoms with van der Waals surface area (Å²) in [6.07, 6.45) is 7.27. The highest BCUT2D eigenvalue weighted by molar-refractivity contribution is 6.13. The predicted octanol–water partition coefficient (Wildman–Crippen LogP) is 4.72. The number of carbonyl (C=O) groups excluding carboxylic acids is 1. The van der Waals surface area contributed by atoms with Crippen LogP contribution < -0.4 is 4.90 Å². The fourth-order valence-corrected chi connectivity index (χ4v) is 4.45. The van der Waals surface area contributed by atoms with Crippen molar-refractivity contribution in [1.29, 1.82) is 0 Å². The molecule has 1 aliphatic heterocycles. The lowest BCUT2D eigenvalue weighted by molar-refractivity contribution is -0.122. The molecule has 1 aromatic rings. The van der Waals surface area contributed by atoms with Crippen LogP contribution in [0.4, 0.5) is 5.69 Å². The lowest BCUT2D eigenvalue weighted by Gasteiger charge is -2.31. The van der Waals surface area contributed by atoms with Crippen LogP contribution in [-0.4, -0.2) is 31.1 Å². The van der Waals surface area contributed by atoms with Crippen molar-refractivity contribution >= 4 is 17.2 Å². The van der Waals surface area contributed by atoms with Crippen LogP contribution >= 0.6 is 0 Å². The number of fused-ring (bicyclic) bond motifs is 1. The van der Waals surface area contributed by atoms with Gasteiger partial charge < -0.3 is 4.90 Å². The van der Waals surface area contributed by atoms with Crippen LogP contribution in [0.1, 0.15) is 69.1 Å². The van der Waals surface area contributed by atoms with Gasteiger partial charge in [-0.3, -0.25) is 9.79 Å². The molecule has 1 fully saturated rings. The van der Waals surface area contributed by atoms with Gasteiger partial charge in [-0.05, 0) is 57.2 Å². The number of rotatable bonds is 4. The van der Waals surface area contributed by atoms with E-state index in [1.807, 2.05) is 0 Å². The summed E-state index contributed by atoms with van der Waals surface area (Å²) >= 11 is 0. The molecule has 1 aliphatic carbocycles. The van der Waals surface area contributed by atoms with Gasteiger partial charge in [0.05, 0.1) is 11.3 Å². The molecule has 3 rings (SSSR count). The molecule has 0 amide bonds. The normalized spacial score (nSPS) is 20.0. The summed E-state index contributed by atoms with van der Waals surface area (Å²) in [5.74, 6) is 0.651. The molecule has 0 radical (unpaired) electrons. The highest BCUT2D eigenvalue weighted by Crippen LogP contribution is 2.34. The average molecular weight is 341 g/mol. The van der Waals surface area contributed by atoms with Crippen molar-refractivity contribution in [2.75, 3.05) is 19.0 Å². The van der Waals surface area contributed by atoms with Crippen LogP contribution in [0.25, 0.3) is 0 Å². The van der Waals surface area contributed by atoms with E-state index in [-0.39, 0.29) is 11.5 Å². The number of carbonyl (C=O) groups is 1. The third-order valence-corrected chi connectivity index (χ3v) is 5.68. The molecule has 0 atom stereocenters. The third-order valence-electron chi connectivity index (χ3n) is 5.68. The second-order valence-corrected chi connectivity index (χ2v) is 8.72. The second kappa shape index (κ2) is 6.93. The van der Waals surface area contributed by atoms with E-state index in [1.54, 1.807) is 0 Å².